The lowest BCUT2D eigenvalue weighted by molar-refractivity contribution is -0.673. The number of benzene rings is 3. The van der Waals surface area contributed by atoms with Crippen molar-refractivity contribution >= 4 is 32.8 Å². The Balaban J connectivity index is 0.000000541. The van der Waals surface area contributed by atoms with Crippen molar-refractivity contribution < 1.29 is 27.0 Å². The number of hydrogen-bond donors (Lipinski definition) is 1. The van der Waals surface area contributed by atoms with Crippen molar-refractivity contribution in [3.63, 3.8) is 0 Å². The van der Waals surface area contributed by atoms with Crippen molar-refractivity contribution in [3.8, 4) is 22.6 Å². The summed E-state index contributed by atoms with van der Waals surface area (Å²) >= 11 is 0. The van der Waals surface area contributed by atoms with E-state index in [0.29, 0.717) is 17.3 Å². The Morgan fingerprint density at radius 1 is 0.907 bits per heavy atom. The summed E-state index contributed by atoms with van der Waals surface area (Å²) in [4.78, 5) is 3.87. The van der Waals surface area contributed by atoms with Crippen LogP contribution in [0.25, 0.3) is 28.1 Å². The number of aryl methyl sites for hydroxylation is 1. The van der Waals surface area contributed by atoms with E-state index in [-0.39, 0.29) is 0 Å². The summed E-state index contributed by atoms with van der Waals surface area (Å²) in [5.74, 6) is 1.00. The van der Waals surface area contributed by atoms with Crippen LogP contribution in [0.3, 0.4) is 0 Å². The van der Waals surface area contributed by atoms with Gasteiger partial charge in [0.1, 0.15) is 12.3 Å². The smallest absolute Gasteiger partial charge is 0.283 e. The van der Waals surface area contributed by atoms with Crippen molar-refractivity contribution in [2.24, 2.45) is 0 Å². The average molecular weight is 605 g/mol. The number of ether oxygens (including phenoxy) is 2. The molecule has 228 valence electrons. The van der Waals surface area contributed by atoms with Gasteiger partial charge in [-0.3, -0.25) is 9.45 Å². The minimum Gasteiger partial charge on any atom is -0.497 e. The van der Waals surface area contributed by atoms with Gasteiger partial charge in [-0.2, -0.15) is 13.0 Å². The molecule has 0 atom stereocenters. The largest absolute Gasteiger partial charge is 0.497 e. The third kappa shape index (κ3) is 7.93. The van der Waals surface area contributed by atoms with Gasteiger partial charge in [0.25, 0.3) is 10.1 Å². The molecule has 4 aromatic rings. The molecule has 9 heteroatoms. The van der Waals surface area contributed by atoms with E-state index >= 15 is 0 Å². The highest BCUT2D eigenvalue weighted by molar-refractivity contribution is 7.85. The molecule has 0 aliphatic carbocycles. The van der Waals surface area contributed by atoms with E-state index in [1.807, 2.05) is 84.9 Å². The van der Waals surface area contributed by atoms with Crippen LogP contribution in [-0.2, 0) is 16.7 Å². The maximum Gasteiger partial charge on any atom is 0.283 e. The summed E-state index contributed by atoms with van der Waals surface area (Å²) in [6, 6.07) is 25.3. The second-order valence-electron chi connectivity index (χ2n) is 10.2. The van der Waals surface area contributed by atoms with E-state index in [9.17, 15) is 13.0 Å². The highest BCUT2D eigenvalue weighted by Gasteiger charge is 2.31. The summed E-state index contributed by atoms with van der Waals surface area (Å²) < 4.78 is 47.3. The maximum absolute atomic E-state index is 12.0. The summed E-state index contributed by atoms with van der Waals surface area (Å²) in [6.07, 6.45) is 2.72. The van der Waals surface area contributed by atoms with Crippen LogP contribution in [0.4, 0.5) is 5.69 Å². The normalized spacial score (nSPS) is 13.6. The summed E-state index contributed by atoms with van der Waals surface area (Å²) in [6.45, 7) is 13.0. The first-order valence-corrected chi connectivity index (χ1v) is 16.4. The van der Waals surface area contributed by atoms with Gasteiger partial charge in [-0.15, -0.1) is 0 Å². The average Bonchev–Trinajstić information content (AvgIpc) is 3.34. The molecule has 0 saturated heterocycles. The first-order chi connectivity index (χ1) is 20.7. The minimum absolute atomic E-state index is 0.325. The van der Waals surface area contributed by atoms with Gasteiger partial charge in [-0.1, -0.05) is 64.1 Å². The second-order valence-corrected chi connectivity index (χ2v) is 11.6. The molecule has 0 saturated carbocycles. The van der Waals surface area contributed by atoms with Crippen LogP contribution in [0.5, 0.6) is 11.5 Å². The van der Waals surface area contributed by atoms with Crippen LogP contribution in [0.15, 0.2) is 84.7 Å². The molecule has 8 nitrogen and oxygen atoms in total. The van der Waals surface area contributed by atoms with Crippen molar-refractivity contribution in [2.75, 3.05) is 37.5 Å². The summed E-state index contributed by atoms with van der Waals surface area (Å²) in [5.41, 5.74) is 4.36. The van der Waals surface area contributed by atoms with E-state index in [2.05, 4.69) is 37.2 Å². The highest BCUT2D eigenvalue weighted by atomic mass is 32.2. The Hall–Kier alpha value is -3.92. The number of pyridine rings is 1. The number of anilines is 1. The van der Waals surface area contributed by atoms with Gasteiger partial charge in [0.05, 0.1) is 24.3 Å². The number of methoxy groups -OCH3 is 1. The number of aromatic nitrogens is 1. The molecular weight excluding hydrogens is 562 g/mol. The zero-order valence-electron chi connectivity index (χ0n) is 25.7. The quantitative estimate of drug-likeness (QED) is 0.161. The molecule has 1 aliphatic rings. The van der Waals surface area contributed by atoms with E-state index in [1.54, 1.807) is 7.11 Å². The van der Waals surface area contributed by atoms with Gasteiger partial charge in [-0.25, -0.2) is 0 Å². The van der Waals surface area contributed by atoms with E-state index in [4.69, 9.17) is 9.47 Å². The lowest BCUT2D eigenvalue weighted by Crippen LogP contribution is -2.38. The molecule has 2 heterocycles. The fourth-order valence-electron chi connectivity index (χ4n) is 5.15. The molecule has 3 aromatic carbocycles. The van der Waals surface area contributed by atoms with Crippen LogP contribution >= 0.6 is 0 Å². The SMILES string of the molecule is CCC[n+]1c(/C=C2\Oc3ccc(-c4ccccc4)cc3N2CS(=O)(=O)O)ccc2cc(OC)ccc21.CCN(CC)CC. The zero-order valence-corrected chi connectivity index (χ0v) is 26.5. The van der Waals surface area contributed by atoms with Gasteiger partial charge in [0.15, 0.2) is 11.6 Å². The topological polar surface area (TPSA) is 83.2 Å². The fraction of sp³-hybridized carbons (Fsp3) is 0.324. The first kappa shape index (κ1) is 32.0. The van der Waals surface area contributed by atoms with Crippen molar-refractivity contribution in [3.05, 3.63) is 90.4 Å². The molecule has 43 heavy (non-hydrogen) atoms. The van der Waals surface area contributed by atoms with Crippen LogP contribution < -0.4 is 18.9 Å². The molecule has 0 amide bonds. The molecule has 0 spiro atoms. The standard InChI is InChI=1S/C28H26N2O5S.C6H15N/c1-3-15-29-23(11-9-22-16-24(34-2)12-13-25(22)29)18-28-30(19-36(31,32)33)26-17-21(10-14-27(26)35-28)20-7-5-4-6-8-20;1-4-7(5-2)6-3/h4-14,16-18H,3,15,19H2,1-2H3;4-6H2,1-3H3/p+1. The minimum atomic E-state index is -4.33. The first-order valence-electron chi connectivity index (χ1n) is 14.8. The third-order valence-corrected chi connectivity index (χ3v) is 8.05. The number of fused-ring (bicyclic) bond motifs is 2. The van der Waals surface area contributed by atoms with E-state index in [0.717, 1.165) is 46.4 Å². The third-order valence-electron chi connectivity index (χ3n) is 7.46. The summed E-state index contributed by atoms with van der Waals surface area (Å²) in [5, 5.41) is 1.03. The Bertz CT molecular complexity index is 1660. The monoisotopic (exact) mass is 604 g/mol. The predicted molar refractivity (Wildman–Crippen MR) is 174 cm³/mol. The Morgan fingerprint density at radius 2 is 1.63 bits per heavy atom. The van der Waals surface area contributed by atoms with Gasteiger partial charge >= 0.3 is 0 Å². The number of rotatable bonds is 10. The molecule has 1 aliphatic heterocycles. The van der Waals surface area contributed by atoms with Gasteiger partial charge in [-0.05, 0) is 61.1 Å². The fourth-order valence-corrected chi connectivity index (χ4v) is 5.75. The zero-order chi connectivity index (χ0) is 31.0. The van der Waals surface area contributed by atoms with Crippen LogP contribution in [-0.4, -0.2) is 50.5 Å². The molecule has 0 bridgehead atoms. The summed E-state index contributed by atoms with van der Waals surface area (Å²) in [7, 11) is -2.69. The highest BCUT2D eigenvalue weighted by Crippen LogP contribution is 2.42. The number of nitrogens with zero attached hydrogens (tertiary/aromatic N) is 3. The van der Waals surface area contributed by atoms with Gasteiger partial charge in [0.2, 0.25) is 17.1 Å². The van der Waals surface area contributed by atoms with Gasteiger partial charge < -0.3 is 14.4 Å². The lowest BCUT2D eigenvalue weighted by Gasteiger charge is -2.17. The van der Waals surface area contributed by atoms with E-state index < -0.39 is 16.0 Å². The van der Waals surface area contributed by atoms with Crippen molar-refractivity contribution in [2.45, 2.75) is 40.7 Å². The van der Waals surface area contributed by atoms with Gasteiger partial charge in [0, 0.05) is 18.6 Å². The van der Waals surface area contributed by atoms with Crippen LogP contribution in [0, 0.1) is 0 Å². The molecule has 5 rings (SSSR count). The molecule has 0 unspecified atom stereocenters. The Kier molecular flexibility index (Phi) is 10.8. The van der Waals surface area contributed by atoms with E-state index in [1.165, 1.54) is 24.5 Å². The lowest BCUT2D eigenvalue weighted by atomic mass is 10.0. The Labute approximate surface area is 255 Å². The van der Waals surface area contributed by atoms with Crippen molar-refractivity contribution in [1.29, 1.82) is 0 Å². The van der Waals surface area contributed by atoms with Crippen LogP contribution in [0.1, 0.15) is 39.8 Å². The molecule has 0 fully saturated rings. The molecule has 1 aromatic heterocycles. The maximum atomic E-state index is 12.0. The molecule has 1 N–H and O–H groups in total. The second kappa shape index (κ2) is 14.5. The van der Waals surface area contributed by atoms with Crippen molar-refractivity contribution in [1.82, 2.24) is 4.90 Å². The number of hydrogen-bond acceptors (Lipinski definition) is 6. The Morgan fingerprint density at radius 3 is 2.23 bits per heavy atom. The van der Waals surface area contributed by atoms with Crippen LogP contribution in [0.2, 0.25) is 0 Å². The predicted octanol–water partition coefficient (Wildman–Crippen LogP) is 6.60. The molecular formula is C34H42N3O5S+. The molecule has 0 radical (unpaired) electrons.